The normalized spacial score (nSPS) is 10.7. The Hall–Kier alpha value is -3.45. The van der Waals surface area contributed by atoms with Gasteiger partial charge in [-0.15, -0.1) is 0 Å². The maximum absolute atomic E-state index is 12.7. The Morgan fingerprint density at radius 1 is 1.03 bits per heavy atom. The molecule has 150 valence electrons. The molecule has 1 N–H and O–H groups in total. The first-order chi connectivity index (χ1) is 14.0. The highest BCUT2D eigenvalue weighted by atomic mass is 16.5. The molecule has 7 heteroatoms. The van der Waals surface area contributed by atoms with Crippen LogP contribution in [0.25, 0.3) is 0 Å². The highest BCUT2D eigenvalue weighted by Gasteiger charge is 2.12. The molecule has 0 fully saturated rings. The Labute approximate surface area is 169 Å². The van der Waals surface area contributed by atoms with Crippen LogP contribution in [0.2, 0.25) is 0 Å². The molecule has 0 unspecified atom stereocenters. The van der Waals surface area contributed by atoms with Crippen molar-refractivity contribution in [3.05, 3.63) is 88.3 Å². The van der Waals surface area contributed by atoms with Gasteiger partial charge in [-0.25, -0.2) is 4.68 Å². The molecule has 1 aromatic heterocycles. The van der Waals surface area contributed by atoms with E-state index in [0.717, 1.165) is 11.3 Å². The summed E-state index contributed by atoms with van der Waals surface area (Å²) in [6.07, 6.45) is 0. The predicted molar refractivity (Wildman–Crippen MR) is 112 cm³/mol. The van der Waals surface area contributed by atoms with Crippen molar-refractivity contribution in [3.8, 4) is 5.75 Å². The highest BCUT2D eigenvalue weighted by Crippen LogP contribution is 2.17. The van der Waals surface area contributed by atoms with Crippen LogP contribution in [0.5, 0.6) is 5.75 Å². The van der Waals surface area contributed by atoms with E-state index in [0.29, 0.717) is 12.3 Å². The zero-order valence-electron chi connectivity index (χ0n) is 16.5. The first-order valence-electron chi connectivity index (χ1n) is 9.33. The van der Waals surface area contributed by atoms with Gasteiger partial charge in [0.25, 0.3) is 11.5 Å². The van der Waals surface area contributed by atoms with Crippen LogP contribution in [-0.4, -0.2) is 41.3 Å². The third-order valence-corrected chi connectivity index (χ3v) is 4.17. The average molecular weight is 392 g/mol. The van der Waals surface area contributed by atoms with Crippen LogP contribution in [0.15, 0.2) is 71.5 Å². The first-order valence-corrected chi connectivity index (χ1v) is 9.33. The lowest BCUT2D eigenvalue weighted by Crippen LogP contribution is -2.28. The number of amides is 1. The Kier molecular flexibility index (Phi) is 6.76. The van der Waals surface area contributed by atoms with Crippen LogP contribution >= 0.6 is 0 Å². The van der Waals surface area contributed by atoms with E-state index in [-0.39, 0.29) is 30.3 Å². The maximum Gasteiger partial charge on any atom is 0.276 e. The number of nitrogens with zero attached hydrogens (tertiary/aromatic N) is 3. The van der Waals surface area contributed by atoms with E-state index < -0.39 is 0 Å². The third kappa shape index (κ3) is 5.76. The van der Waals surface area contributed by atoms with Gasteiger partial charge in [-0.1, -0.05) is 36.4 Å². The summed E-state index contributed by atoms with van der Waals surface area (Å²) in [5, 5.41) is 7.08. The van der Waals surface area contributed by atoms with E-state index in [4.69, 9.17) is 4.74 Å². The molecular formula is C22H24N4O3. The molecule has 0 atom stereocenters. The van der Waals surface area contributed by atoms with Gasteiger partial charge in [0.1, 0.15) is 18.1 Å². The lowest BCUT2D eigenvalue weighted by Gasteiger charge is -2.15. The summed E-state index contributed by atoms with van der Waals surface area (Å²) >= 11 is 0. The number of nitrogens with one attached hydrogen (secondary N) is 1. The second kappa shape index (κ2) is 9.66. The minimum atomic E-state index is -0.367. The average Bonchev–Trinajstić information content (AvgIpc) is 2.71. The Balaban J connectivity index is 1.69. The minimum absolute atomic E-state index is 0.170. The molecule has 0 saturated heterocycles. The van der Waals surface area contributed by atoms with Gasteiger partial charge >= 0.3 is 0 Å². The Bertz CT molecular complexity index is 1020. The predicted octanol–water partition coefficient (Wildman–Crippen LogP) is 2.64. The van der Waals surface area contributed by atoms with Crippen molar-refractivity contribution < 1.29 is 9.53 Å². The van der Waals surface area contributed by atoms with Crippen molar-refractivity contribution in [2.75, 3.05) is 26.0 Å². The summed E-state index contributed by atoms with van der Waals surface area (Å²) in [7, 11) is 3.93. The number of carbonyl (C=O) groups excluding carboxylic acids is 1. The zero-order chi connectivity index (χ0) is 20.6. The van der Waals surface area contributed by atoms with Crippen LogP contribution in [0, 0.1) is 0 Å². The molecule has 0 aliphatic heterocycles. The van der Waals surface area contributed by atoms with E-state index in [1.807, 2.05) is 73.6 Å². The summed E-state index contributed by atoms with van der Waals surface area (Å²) in [4.78, 5) is 26.8. The molecule has 0 aliphatic rings. The number of benzene rings is 2. The number of hydrogen-bond acceptors (Lipinski definition) is 5. The molecule has 1 heterocycles. The molecule has 1 amide bonds. The van der Waals surface area contributed by atoms with Crippen LogP contribution in [0.1, 0.15) is 16.1 Å². The second-order valence-electron chi connectivity index (χ2n) is 6.79. The molecule has 0 saturated carbocycles. The van der Waals surface area contributed by atoms with Crippen molar-refractivity contribution >= 4 is 11.6 Å². The lowest BCUT2D eigenvalue weighted by molar-refractivity contribution is 0.101. The number of anilines is 1. The van der Waals surface area contributed by atoms with E-state index in [1.54, 1.807) is 0 Å². The lowest BCUT2D eigenvalue weighted by atomic mass is 10.1. The number of aromatic nitrogens is 2. The number of rotatable bonds is 8. The number of ether oxygens (including phenoxy) is 1. The molecule has 0 spiro atoms. The Morgan fingerprint density at radius 3 is 2.52 bits per heavy atom. The van der Waals surface area contributed by atoms with Crippen molar-refractivity contribution in [3.63, 3.8) is 0 Å². The number of carbonyl (C=O) groups is 1. The molecule has 0 bridgehead atoms. The molecule has 2 aromatic carbocycles. The maximum atomic E-state index is 12.7. The van der Waals surface area contributed by atoms with Gasteiger partial charge < -0.3 is 15.0 Å². The van der Waals surface area contributed by atoms with Crippen LogP contribution in [0.4, 0.5) is 5.69 Å². The molecule has 3 rings (SSSR count). The fraction of sp³-hybridized carbons (Fsp3) is 0.227. The van der Waals surface area contributed by atoms with Gasteiger partial charge in [-0.2, -0.15) is 5.10 Å². The van der Waals surface area contributed by atoms with Gasteiger partial charge in [-0.3, -0.25) is 9.59 Å². The van der Waals surface area contributed by atoms with Gasteiger partial charge in [0.05, 0.1) is 6.54 Å². The van der Waals surface area contributed by atoms with Crippen molar-refractivity contribution in [1.29, 1.82) is 0 Å². The monoisotopic (exact) mass is 392 g/mol. The van der Waals surface area contributed by atoms with Gasteiger partial charge in [0.15, 0.2) is 0 Å². The van der Waals surface area contributed by atoms with Crippen molar-refractivity contribution in [2.24, 2.45) is 0 Å². The van der Waals surface area contributed by atoms with Gasteiger partial charge in [0, 0.05) is 18.3 Å². The Morgan fingerprint density at radius 2 is 1.76 bits per heavy atom. The van der Waals surface area contributed by atoms with E-state index in [2.05, 4.69) is 10.4 Å². The van der Waals surface area contributed by atoms with Crippen LogP contribution in [-0.2, 0) is 13.1 Å². The molecule has 0 aliphatic carbocycles. The fourth-order valence-electron chi connectivity index (χ4n) is 2.80. The standard InChI is InChI=1S/C22H24N4O3/c1-25(2)16-17-8-6-7-11-19(17)23-22(28)20-12-13-21(27)26(24-20)14-15-29-18-9-4-3-5-10-18/h3-13H,14-16H2,1-2H3,(H,23,28). The summed E-state index contributed by atoms with van der Waals surface area (Å²) < 4.78 is 6.85. The minimum Gasteiger partial charge on any atom is -0.492 e. The summed E-state index contributed by atoms with van der Waals surface area (Å²) in [6.45, 7) is 1.21. The quantitative estimate of drug-likeness (QED) is 0.638. The van der Waals surface area contributed by atoms with Crippen molar-refractivity contribution in [2.45, 2.75) is 13.1 Å². The molecule has 3 aromatic rings. The summed E-state index contributed by atoms with van der Waals surface area (Å²) in [6, 6.07) is 19.7. The van der Waals surface area contributed by atoms with Gasteiger partial charge in [-0.05, 0) is 43.9 Å². The smallest absolute Gasteiger partial charge is 0.276 e. The first kappa shape index (κ1) is 20.3. The van der Waals surface area contributed by atoms with E-state index in [1.165, 1.54) is 16.8 Å². The fourth-order valence-corrected chi connectivity index (χ4v) is 2.80. The second-order valence-corrected chi connectivity index (χ2v) is 6.79. The zero-order valence-corrected chi connectivity index (χ0v) is 16.5. The molecule has 0 radical (unpaired) electrons. The van der Waals surface area contributed by atoms with Gasteiger partial charge in [0.2, 0.25) is 0 Å². The largest absolute Gasteiger partial charge is 0.492 e. The van der Waals surface area contributed by atoms with Crippen LogP contribution < -0.4 is 15.6 Å². The number of para-hydroxylation sites is 2. The summed E-state index contributed by atoms with van der Waals surface area (Å²) in [5.41, 5.74) is 1.60. The topological polar surface area (TPSA) is 76.5 Å². The SMILES string of the molecule is CN(C)Cc1ccccc1NC(=O)c1ccc(=O)n(CCOc2ccccc2)n1. The third-order valence-electron chi connectivity index (χ3n) is 4.17. The van der Waals surface area contributed by atoms with E-state index >= 15 is 0 Å². The highest BCUT2D eigenvalue weighted by molar-refractivity contribution is 6.03. The van der Waals surface area contributed by atoms with Crippen LogP contribution in [0.3, 0.4) is 0 Å². The summed E-state index contributed by atoms with van der Waals surface area (Å²) in [5.74, 6) is 0.348. The van der Waals surface area contributed by atoms with E-state index in [9.17, 15) is 9.59 Å². The number of hydrogen-bond donors (Lipinski definition) is 1. The molecular weight excluding hydrogens is 368 g/mol. The molecule has 29 heavy (non-hydrogen) atoms. The van der Waals surface area contributed by atoms with Crippen molar-refractivity contribution in [1.82, 2.24) is 14.7 Å². The molecule has 7 nitrogen and oxygen atoms in total.